The van der Waals surface area contributed by atoms with E-state index in [4.69, 9.17) is 5.73 Å². The number of benzene rings is 1. The predicted octanol–water partition coefficient (Wildman–Crippen LogP) is 3.26. The van der Waals surface area contributed by atoms with Gasteiger partial charge in [-0.05, 0) is 30.0 Å². The van der Waals surface area contributed by atoms with E-state index >= 15 is 0 Å². The Hall–Kier alpha value is -1.89. The molecule has 1 aromatic carbocycles. The Morgan fingerprint density at radius 1 is 1.31 bits per heavy atom. The van der Waals surface area contributed by atoms with Crippen LogP contribution < -0.4 is 11.1 Å². The summed E-state index contributed by atoms with van der Waals surface area (Å²) in [4.78, 5) is 22.9. The molecule has 8 heteroatoms. The highest BCUT2D eigenvalue weighted by atomic mass is 35.5. The number of piperidine rings is 1. The average molecular weight is 398 g/mol. The smallest absolute Gasteiger partial charge is 0.253 e. The van der Waals surface area contributed by atoms with E-state index in [1.807, 2.05) is 29.2 Å². The summed E-state index contributed by atoms with van der Waals surface area (Å²) >= 11 is 0. The second-order valence-corrected chi connectivity index (χ2v) is 6.91. The quantitative estimate of drug-likeness (QED) is 0.829. The van der Waals surface area contributed by atoms with Crippen molar-refractivity contribution in [2.75, 3.05) is 18.4 Å². The molecule has 2 aromatic rings. The lowest BCUT2D eigenvalue weighted by Gasteiger charge is -2.42. The highest BCUT2D eigenvalue weighted by Crippen LogP contribution is 2.29. The lowest BCUT2D eigenvalue weighted by molar-refractivity contribution is 0.0533. The number of carbonyl (C=O) groups is 1. The maximum atomic E-state index is 12.8. The molecule has 26 heavy (non-hydrogen) atoms. The molecule has 6 nitrogen and oxygen atoms in total. The monoisotopic (exact) mass is 397 g/mol. The van der Waals surface area contributed by atoms with E-state index < -0.39 is 0 Å². The molecule has 1 atom stereocenters. The van der Waals surface area contributed by atoms with Crippen LogP contribution in [0.1, 0.15) is 30.6 Å². The van der Waals surface area contributed by atoms with Crippen molar-refractivity contribution < 1.29 is 4.79 Å². The number of carbonyl (C=O) groups excluding carboxylic acids is 1. The Labute approximate surface area is 166 Å². The molecule has 3 N–H and O–H groups in total. The molecule has 2 heterocycles. The highest BCUT2D eigenvalue weighted by molar-refractivity contribution is 5.95. The van der Waals surface area contributed by atoms with Crippen LogP contribution in [0, 0.1) is 5.41 Å². The SMILES string of the molecule is CC1(C)CN(C(=O)c2cccc(Nc3cnccn3)c2)CCC1N.Cl.Cl. The summed E-state index contributed by atoms with van der Waals surface area (Å²) in [6.45, 7) is 5.60. The number of nitrogens with two attached hydrogens (primary N) is 1. The van der Waals surface area contributed by atoms with E-state index in [1.165, 1.54) is 0 Å². The van der Waals surface area contributed by atoms with Crippen LogP contribution in [-0.4, -0.2) is 39.9 Å². The summed E-state index contributed by atoms with van der Waals surface area (Å²) in [7, 11) is 0. The van der Waals surface area contributed by atoms with Crippen LogP contribution >= 0.6 is 24.8 Å². The second kappa shape index (κ2) is 9.16. The third kappa shape index (κ3) is 5.06. The van der Waals surface area contributed by atoms with Crippen molar-refractivity contribution in [1.29, 1.82) is 0 Å². The van der Waals surface area contributed by atoms with Crippen LogP contribution in [0.4, 0.5) is 11.5 Å². The van der Waals surface area contributed by atoms with Gasteiger partial charge in [0.1, 0.15) is 5.82 Å². The molecule has 0 aliphatic carbocycles. The third-order valence-electron chi connectivity index (χ3n) is 4.54. The van der Waals surface area contributed by atoms with Crippen molar-refractivity contribution in [3.05, 3.63) is 48.4 Å². The first kappa shape index (κ1) is 22.2. The van der Waals surface area contributed by atoms with Gasteiger partial charge < -0.3 is 16.0 Å². The van der Waals surface area contributed by atoms with Crippen molar-refractivity contribution in [1.82, 2.24) is 14.9 Å². The molecule has 142 valence electrons. The van der Waals surface area contributed by atoms with Gasteiger partial charge in [0.25, 0.3) is 5.91 Å². The van der Waals surface area contributed by atoms with Crippen LogP contribution in [0.2, 0.25) is 0 Å². The number of nitrogens with zero attached hydrogens (tertiary/aromatic N) is 3. The van der Waals surface area contributed by atoms with Gasteiger partial charge in [-0.3, -0.25) is 9.78 Å². The molecule has 1 saturated heterocycles. The third-order valence-corrected chi connectivity index (χ3v) is 4.54. The Kier molecular flexibility index (Phi) is 7.81. The van der Waals surface area contributed by atoms with Crippen LogP contribution in [0.3, 0.4) is 0 Å². The van der Waals surface area contributed by atoms with E-state index in [-0.39, 0.29) is 42.2 Å². The van der Waals surface area contributed by atoms with Gasteiger partial charge in [-0.2, -0.15) is 0 Å². The molecule has 1 fully saturated rings. The molecular formula is C18H25Cl2N5O. The molecule has 0 radical (unpaired) electrons. The average Bonchev–Trinajstić information content (AvgIpc) is 2.58. The van der Waals surface area contributed by atoms with Gasteiger partial charge in [0, 0.05) is 42.8 Å². The molecule has 1 amide bonds. The van der Waals surface area contributed by atoms with Crippen molar-refractivity contribution in [2.45, 2.75) is 26.3 Å². The van der Waals surface area contributed by atoms with E-state index in [1.54, 1.807) is 18.6 Å². The number of halogens is 2. The molecule has 0 saturated carbocycles. The van der Waals surface area contributed by atoms with Gasteiger partial charge in [-0.1, -0.05) is 19.9 Å². The minimum Gasteiger partial charge on any atom is -0.339 e. The zero-order valence-corrected chi connectivity index (χ0v) is 16.5. The standard InChI is InChI=1S/C18H23N5O.2ClH/c1-18(2)12-23(9-6-15(18)19)17(24)13-4-3-5-14(10-13)22-16-11-20-7-8-21-16;;/h3-5,7-8,10-11,15H,6,9,12,19H2,1-2H3,(H,21,22);2*1H. The summed E-state index contributed by atoms with van der Waals surface area (Å²) < 4.78 is 0. The zero-order valence-electron chi connectivity index (χ0n) is 14.9. The lowest BCUT2D eigenvalue weighted by Crippen LogP contribution is -2.54. The van der Waals surface area contributed by atoms with E-state index in [0.717, 1.165) is 12.1 Å². The van der Waals surface area contributed by atoms with Gasteiger partial charge >= 0.3 is 0 Å². The predicted molar refractivity (Wildman–Crippen MR) is 109 cm³/mol. The Morgan fingerprint density at radius 2 is 2.08 bits per heavy atom. The first-order chi connectivity index (χ1) is 11.5. The van der Waals surface area contributed by atoms with E-state index in [2.05, 4.69) is 29.1 Å². The molecule has 3 rings (SSSR count). The minimum absolute atomic E-state index is 0. The van der Waals surface area contributed by atoms with Gasteiger partial charge in [-0.25, -0.2) is 4.98 Å². The first-order valence-corrected chi connectivity index (χ1v) is 8.14. The van der Waals surface area contributed by atoms with Crippen LogP contribution in [0.5, 0.6) is 0 Å². The zero-order chi connectivity index (χ0) is 17.2. The number of amides is 1. The fraction of sp³-hybridized carbons (Fsp3) is 0.389. The topological polar surface area (TPSA) is 84.1 Å². The summed E-state index contributed by atoms with van der Waals surface area (Å²) in [5.74, 6) is 0.685. The molecule has 1 unspecified atom stereocenters. The first-order valence-electron chi connectivity index (χ1n) is 8.14. The normalized spacial score (nSPS) is 18.3. The van der Waals surface area contributed by atoms with Crippen molar-refractivity contribution in [3.8, 4) is 0 Å². The van der Waals surface area contributed by atoms with Crippen LogP contribution in [0.15, 0.2) is 42.9 Å². The number of nitrogens with one attached hydrogen (secondary N) is 1. The van der Waals surface area contributed by atoms with Gasteiger partial charge in [0.2, 0.25) is 0 Å². The van der Waals surface area contributed by atoms with E-state index in [0.29, 0.717) is 24.5 Å². The molecule has 1 aliphatic rings. The Morgan fingerprint density at radius 3 is 2.73 bits per heavy atom. The summed E-state index contributed by atoms with van der Waals surface area (Å²) in [6, 6.07) is 7.59. The summed E-state index contributed by atoms with van der Waals surface area (Å²) in [5, 5.41) is 3.16. The van der Waals surface area contributed by atoms with Crippen molar-refractivity contribution in [3.63, 3.8) is 0 Å². The lowest BCUT2D eigenvalue weighted by atomic mass is 9.79. The fourth-order valence-corrected chi connectivity index (χ4v) is 2.97. The maximum absolute atomic E-state index is 12.8. The molecule has 1 aliphatic heterocycles. The second-order valence-electron chi connectivity index (χ2n) is 6.91. The molecular weight excluding hydrogens is 373 g/mol. The van der Waals surface area contributed by atoms with Crippen LogP contribution in [0.25, 0.3) is 0 Å². The number of aromatic nitrogens is 2. The Balaban J connectivity index is 0.00000169. The summed E-state index contributed by atoms with van der Waals surface area (Å²) in [5.41, 5.74) is 7.57. The van der Waals surface area contributed by atoms with Crippen molar-refractivity contribution >= 4 is 42.2 Å². The fourth-order valence-electron chi connectivity index (χ4n) is 2.97. The Bertz CT molecular complexity index is 727. The van der Waals surface area contributed by atoms with Gasteiger partial charge in [-0.15, -0.1) is 24.8 Å². The summed E-state index contributed by atoms with van der Waals surface area (Å²) in [6.07, 6.45) is 5.71. The van der Waals surface area contributed by atoms with Crippen molar-refractivity contribution in [2.24, 2.45) is 11.1 Å². The largest absolute Gasteiger partial charge is 0.339 e. The highest BCUT2D eigenvalue weighted by Gasteiger charge is 2.35. The number of hydrogen-bond acceptors (Lipinski definition) is 5. The number of rotatable bonds is 3. The van der Waals surface area contributed by atoms with Crippen LogP contribution in [-0.2, 0) is 0 Å². The van der Waals surface area contributed by atoms with E-state index in [9.17, 15) is 4.79 Å². The maximum Gasteiger partial charge on any atom is 0.253 e. The molecule has 0 spiro atoms. The molecule has 0 bridgehead atoms. The van der Waals surface area contributed by atoms with Gasteiger partial charge in [0.05, 0.1) is 6.20 Å². The molecule has 1 aromatic heterocycles. The van der Waals surface area contributed by atoms with Gasteiger partial charge in [0.15, 0.2) is 0 Å². The minimum atomic E-state index is -0.0661. The number of anilines is 2. The number of likely N-dealkylation sites (tertiary alicyclic amines) is 1. The number of hydrogen-bond donors (Lipinski definition) is 2.